The van der Waals surface area contributed by atoms with Gasteiger partial charge in [0.1, 0.15) is 16.5 Å². The Morgan fingerprint density at radius 3 is 2.31 bits per heavy atom. The zero-order chi connectivity index (χ0) is 22.3. The molecule has 0 atom stereocenters. The Morgan fingerprint density at radius 1 is 0.938 bits per heavy atom. The fourth-order valence-corrected chi connectivity index (χ4v) is 3.61. The van der Waals surface area contributed by atoms with Crippen molar-refractivity contribution < 1.29 is 14.6 Å². The molecule has 32 heavy (non-hydrogen) atoms. The molecule has 8 nitrogen and oxygen atoms in total. The number of nitrogens with one attached hydrogen (secondary N) is 2. The van der Waals surface area contributed by atoms with Crippen LogP contribution in [-0.4, -0.2) is 34.2 Å². The maximum Gasteiger partial charge on any atom is 0.341 e. The number of aromatic hydroxyl groups is 1. The van der Waals surface area contributed by atoms with Gasteiger partial charge in [0.2, 0.25) is 5.13 Å². The summed E-state index contributed by atoms with van der Waals surface area (Å²) < 4.78 is 5.22. The van der Waals surface area contributed by atoms with Crippen LogP contribution in [0, 0.1) is 0 Å². The van der Waals surface area contributed by atoms with Crippen molar-refractivity contribution in [1.29, 1.82) is 0 Å². The minimum absolute atomic E-state index is 0.167. The van der Waals surface area contributed by atoms with E-state index in [-0.39, 0.29) is 5.75 Å². The summed E-state index contributed by atoms with van der Waals surface area (Å²) in [7, 11) is 1.60. The Hall–Kier alpha value is -4.24. The molecule has 3 aromatic carbocycles. The van der Waals surface area contributed by atoms with Crippen LogP contribution in [0.5, 0.6) is 11.5 Å². The number of methoxy groups -OCH3 is 1. The SMILES string of the molecule is COc1ccc(/C(=N/NC(=O)Nc2nnc(-c3ccc(O)cc3)s2)c2ccccc2)cc1. The second-order valence-corrected chi connectivity index (χ2v) is 7.56. The van der Waals surface area contributed by atoms with Crippen LogP contribution >= 0.6 is 11.3 Å². The van der Waals surface area contributed by atoms with Gasteiger partial charge in [0, 0.05) is 16.7 Å². The third-order valence-electron chi connectivity index (χ3n) is 4.44. The van der Waals surface area contributed by atoms with E-state index in [4.69, 9.17) is 4.74 Å². The zero-order valence-corrected chi connectivity index (χ0v) is 17.8. The number of nitrogens with zero attached hydrogens (tertiary/aromatic N) is 3. The first-order valence-electron chi connectivity index (χ1n) is 9.60. The molecule has 0 aliphatic heterocycles. The van der Waals surface area contributed by atoms with E-state index in [1.54, 1.807) is 31.4 Å². The highest BCUT2D eigenvalue weighted by Gasteiger charge is 2.11. The number of phenolic OH excluding ortho intramolecular Hbond substituents is 1. The number of benzene rings is 3. The Labute approximate surface area is 188 Å². The second kappa shape index (κ2) is 9.71. The molecule has 4 aromatic rings. The summed E-state index contributed by atoms with van der Waals surface area (Å²) in [4.78, 5) is 12.4. The van der Waals surface area contributed by atoms with Crippen molar-refractivity contribution in [2.75, 3.05) is 12.4 Å². The number of carbonyl (C=O) groups excluding carboxylic acids is 1. The molecule has 9 heteroatoms. The van der Waals surface area contributed by atoms with Gasteiger partial charge in [-0.2, -0.15) is 5.10 Å². The summed E-state index contributed by atoms with van der Waals surface area (Å²) in [5, 5.41) is 25.4. The van der Waals surface area contributed by atoms with E-state index in [1.165, 1.54) is 11.3 Å². The Morgan fingerprint density at radius 2 is 1.62 bits per heavy atom. The summed E-state index contributed by atoms with van der Waals surface area (Å²) in [6.07, 6.45) is 0. The molecule has 160 valence electrons. The number of hydrogen-bond donors (Lipinski definition) is 3. The van der Waals surface area contributed by atoms with Crippen LogP contribution in [-0.2, 0) is 0 Å². The van der Waals surface area contributed by atoms with E-state index >= 15 is 0 Å². The van der Waals surface area contributed by atoms with Crippen molar-refractivity contribution in [3.63, 3.8) is 0 Å². The molecule has 0 saturated carbocycles. The minimum atomic E-state index is -0.541. The smallest absolute Gasteiger partial charge is 0.341 e. The lowest BCUT2D eigenvalue weighted by molar-refractivity contribution is 0.252. The average molecular weight is 446 g/mol. The van der Waals surface area contributed by atoms with E-state index < -0.39 is 6.03 Å². The van der Waals surface area contributed by atoms with Crippen LogP contribution in [0.2, 0.25) is 0 Å². The molecule has 3 N–H and O–H groups in total. The van der Waals surface area contributed by atoms with Crippen LogP contribution < -0.4 is 15.5 Å². The van der Waals surface area contributed by atoms with E-state index in [0.29, 0.717) is 15.9 Å². The predicted octanol–water partition coefficient (Wildman–Crippen LogP) is 4.49. The number of rotatable bonds is 6. The number of phenols is 1. The van der Waals surface area contributed by atoms with Crippen LogP contribution in [0.15, 0.2) is 84.0 Å². The summed E-state index contributed by atoms with van der Waals surface area (Å²) in [6.45, 7) is 0. The molecule has 1 heterocycles. The van der Waals surface area contributed by atoms with E-state index in [1.807, 2.05) is 54.6 Å². The summed E-state index contributed by atoms with van der Waals surface area (Å²) in [6, 6.07) is 23.0. The van der Waals surface area contributed by atoms with E-state index in [9.17, 15) is 9.90 Å². The number of hydrazone groups is 1. The number of anilines is 1. The molecule has 0 spiro atoms. The van der Waals surface area contributed by atoms with E-state index in [2.05, 4.69) is 26.0 Å². The standard InChI is InChI=1S/C23H19N5O3S/c1-31-19-13-9-16(10-14-19)20(15-5-3-2-4-6-15)25-27-22(30)24-23-28-26-21(32-23)17-7-11-18(29)12-8-17/h2-14,29H,1H3,(H2,24,27,28,30)/b25-20+. The predicted molar refractivity (Wildman–Crippen MR) is 124 cm³/mol. The topological polar surface area (TPSA) is 109 Å². The fraction of sp³-hybridized carbons (Fsp3) is 0.0435. The molecule has 0 aliphatic carbocycles. The number of amides is 2. The molecule has 1 aromatic heterocycles. The van der Waals surface area contributed by atoms with Crippen LogP contribution in [0.1, 0.15) is 11.1 Å². The molecular formula is C23H19N5O3S. The van der Waals surface area contributed by atoms with Gasteiger partial charge in [0.05, 0.1) is 12.8 Å². The van der Waals surface area contributed by atoms with Crippen molar-refractivity contribution in [2.24, 2.45) is 5.10 Å². The fourth-order valence-electron chi connectivity index (χ4n) is 2.87. The highest BCUT2D eigenvalue weighted by Crippen LogP contribution is 2.27. The molecule has 2 amide bonds. The van der Waals surface area contributed by atoms with Crippen molar-refractivity contribution in [1.82, 2.24) is 15.6 Å². The molecule has 0 unspecified atom stereocenters. The average Bonchev–Trinajstić information content (AvgIpc) is 3.29. The molecule has 0 radical (unpaired) electrons. The van der Waals surface area contributed by atoms with Crippen molar-refractivity contribution in [2.45, 2.75) is 0 Å². The van der Waals surface area contributed by atoms with Gasteiger partial charge in [-0.3, -0.25) is 5.32 Å². The van der Waals surface area contributed by atoms with Crippen LogP contribution in [0.4, 0.5) is 9.93 Å². The van der Waals surface area contributed by atoms with Gasteiger partial charge in [-0.25, -0.2) is 10.2 Å². The molecule has 0 aliphatic rings. The first kappa shape index (κ1) is 21.0. The molecule has 0 fully saturated rings. The maximum atomic E-state index is 12.4. The first-order chi connectivity index (χ1) is 15.6. The van der Waals surface area contributed by atoms with Crippen LogP contribution in [0.25, 0.3) is 10.6 Å². The normalized spacial score (nSPS) is 11.1. The molecule has 0 bridgehead atoms. The first-order valence-corrected chi connectivity index (χ1v) is 10.4. The third-order valence-corrected chi connectivity index (χ3v) is 5.33. The van der Waals surface area contributed by atoms with Crippen molar-refractivity contribution in [3.8, 4) is 22.1 Å². The van der Waals surface area contributed by atoms with Gasteiger partial charge in [0.15, 0.2) is 0 Å². The third kappa shape index (κ3) is 5.08. The minimum Gasteiger partial charge on any atom is -0.508 e. The van der Waals surface area contributed by atoms with Gasteiger partial charge >= 0.3 is 6.03 Å². The van der Waals surface area contributed by atoms with Gasteiger partial charge < -0.3 is 9.84 Å². The molecule has 4 rings (SSSR count). The summed E-state index contributed by atoms with van der Waals surface area (Å²) in [5.41, 5.74) is 5.59. The Balaban J connectivity index is 1.50. The lowest BCUT2D eigenvalue weighted by atomic mass is 10.0. The van der Waals surface area contributed by atoms with E-state index in [0.717, 1.165) is 22.4 Å². The van der Waals surface area contributed by atoms with Gasteiger partial charge in [0.25, 0.3) is 0 Å². The summed E-state index contributed by atoms with van der Waals surface area (Å²) >= 11 is 1.21. The number of aromatic nitrogens is 2. The monoisotopic (exact) mass is 445 g/mol. The lowest BCUT2D eigenvalue weighted by Crippen LogP contribution is -2.26. The molecular weight excluding hydrogens is 426 g/mol. The number of urea groups is 1. The van der Waals surface area contributed by atoms with Crippen molar-refractivity contribution >= 4 is 28.2 Å². The quantitative estimate of drug-likeness (QED) is 0.299. The number of carbonyl (C=O) groups is 1. The molecule has 0 saturated heterocycles. The Kier molecular flexibility index (Phi) is 6.38. The number of ether oxygens (including phenoxy) is 1. The Bertz CT molecular complexity index is 1220. The zero-order valence-electron chi connectivity index (χ0n) is 17.0. The highest BCUT2D eigenvalue weighted by molar-refractivity contribution is 7.18. The highest BCUT2D eigenvalue weighted by atomic mass is 32.1. The largest absolute Gasteiger partial charge is 0.508 e. The van der Waals surface area contributed by atoms with Gasteiger partial charge in [-0.15, -0.1) is 10.2 Å². The van der Waals surface area contributed by atoms with Gasteiger partial charge in [-0.05, 0) is 48.5 Å². The second-order valence-electron chi connectivity index (χ2n) is 6.58. The maximum absolute atomic E-state index is 12.4. The summed E-state index contributed by atoms with van der Waals surface area (Å²) in [5.74, 6) is 0.896. The van der Waals surface area contributed by atoms with Gasteiger partial charge in [-0.1, -0.05) is 41.7 Å². The van der Waals surface area contributed by atoms with Crippen molar-refractivity contribution in [3.05, 3.63) is 90.0 Å². The van der Waals surface area contributed by atoms with Crippen LogP contribution in [0.3, 0.4) is 0 Å². The number of hydrogen-bond acceptors (Lipinski definition) is 7. The lowest BCUT2D eigenvalue weighted by Gasteiger charge is -2.09.